The Bertz CT molecular complexity index is 337. The average molecular weight is 287 g/mol. The third-order valence-corrected chi connectivity index (χ3v) is 2.62. The molecule has 0 bridgehead atoms. The quantitative estimate of drug-likeness (QED) is 0.805. The molecule has 1 rings (SSSR count). The van der Waals surface area contributed by atoms with E-state index in [4.69, 9.17) is 14.2 Å². The third-order valence-electron chi connectivity index (χ3n) is 2.62. The monoisotopic (exact) mass is 287 g/mol. The predicted octanol–water partition coefficient (Wildman–Crippen LogP) is 2.71. The Morgan fingerprint density at radius 2 is 2.00 bits per heavy atom. The summed E-state index contributed by atoms with van der Waals surface area (Å²) < 4.78 is 15.9. The highest BCUT2D eigenvalue weighted by Crippen LogP contribution is 2.19. The van der Waals surface area contributed by atoms with Crippen LogP contribution in [0.25, 0.3) is 0 Å². The van der Waals surface area contributed by atoms with Crippen molar-refractivity contribution in [3.8, 4) is 0 Å². The SMILES string of the molecule is CCCC(=O)OC1CCCC(NC(=O)OC(C)(C)C)O1. The fourth-order valence-corrected chi connectivity index (χ4v) is 1.83. The van der Waals surface area contributed by atoms with Gasteiger partial charge in [-0.25, -0.2) is 4.79 Å². The van der Waals surface area contributed by atoms with E-state index in [-0.39, 0.29) is 5.97 Å². The predicted molar refractivity (Wildman–Crippen MR) is 72.9 cm³/mol. The van der Waals surface area contributed by atoms with E-state index in [2.05, 4.69) is 5.32 Å². The smallest absolute Gasteiger partial charge is 0.409 e. The molecule has 1 saturated heterocycles. The van der Waals surface area contributed by atoms with Crippen molar-refractivity contribution in [3.05, 3.63) is 0 Å². The van der Waals surface area contributed by atoms with Gasteiger partial charge in [0.1, 0.15) is 11.8 Å². The minimum atomic E-state index is -0.581. The lowest BCUT2D eigenvalue weighted by Gasteiger charge is -2.30. The maximum atomic E-state index is 11.6. The molecular weight excluding hydrogens is 262 g/mol. The van der Waals surface area contributed by atoms with Gasteiger partial charge in [0.05, 0.1) is 0 Å². The first kappa shape index (κ1) is 16.8. The second kappa shape index (κ2) is 7.47. The number of carbonyl (C=O) groups excluding carboxylic acids is 2. The lowest BCUT2D eigenvalue weighted by atomic mass is 10.1. The van der Waals surface area contributed by atoms with Crippen molar-refractivity contribution in [2.75, 3.05) is 0 Å². The molecule has 0 saturated carbocycles. The molecule has 1 aliphatic heterocycles. The fraction of sp³-hybridized carbons (Fsp3) is 0.857. The number of hydrogen-bond acceptors (Lipinski definition) is 5. The molecule has 0 radical (unpaired) electrons. The van der Waals surface area contributed by atoms with Crippen LogP contribution in [0.5, 0.6) is 0 Å². The molecule has 0 aliphatic carbocycles. The summed E-state index contributed by atoms with van der Waals surface area (Å²) in [5, 5.41) is 2.64. The van der Waals surface area contributed by atoms with Crippen LogP contribution in [0.2, 0.25) is 0 Å². The van der Waals surface area contributed by atoms with Crippen LogP contribution >= 0.6 is 0 Å². The first-order chi connectivity index (χ1) is 9.30. The zero-order chi connectivity index (χ0) is 15.2. The molecule has 6 heteroatoms. The van der Waals surface area contributed by atoms with Gasteiger partial charge in [-0.1, -0.05) is 6.92 Å². The van der Waals surface area contributed by atoms with Gasteiger partial charge in [-0.3, -0.25) is 10.1 Å². The second-order valence-electron chi connectivity index (χ2n) is 5.87. The van der Waals surface area contributed by atoms with Gasteiger partial charge in [0.25, 0.3) is 0 Å². The van der Waals surface area contributed by atoms with E-state index in [1.54, 1.807) is 20.8 Å². The first-order valence-electron chi connectivity index (χ1n) is 7.14. The van der Waals surface area contributed by atoms with Crippen molar-refractivity contribution < 1.29 is 23.8 Å². The van der Waals surface area contributed by atoms with Gasteiger partial charge >= 0.3 is 12.1 Å². The van der Waals surface area contributed by atoms with Crippen molar-refractivity contribution in [1.82, 2.24) is 5.32 Å². The van der Waals surface area contributed by atoms with E-state index < -0.39 is 24.2 Å². The van der Waals surface area contributed by atoms with E-state index in [1.807, 2.05) is 6.92 Å². The molecule has 1 N–H and O–H groups in total. The third kappa shape index (κ3) is 6.75. The Morgan fingerprint density at radius 3 is 2.60 bits per heavy atom. The normalized spacial score (nSPS) is 23.0. The van der Waals surface area contributed by atoms with Gasteiger partial charge in [-0.2, -0.15) is 0 Å². The van der Waals surface area contributed by atoms with Crippen molar-refractivity contribution in [1.29, 1.82) is 0 Å². The Balaban J connectivity index is 2.37. The molecule has 1 fully saturated rings. The summed E-state index contributed by atoms with van der Waals surface area (Å²) >= 11 is 0. The number of amides is 1. The largest absolute Gasteiger partial charge is 0.444 e. The van der Waals surface area contributed by atoms with E-state index in [9.17, 15) is 9.59 Å². The van der Waals surface area contributed by atoms with Gasteiger partial charge in [-0.05, 0) is 40.0 Å². The zero-order valence-electron chi connectivity index (χ0n) is 12.7. The standard InChI is InChI=1S/C14H25NO5/c1-5-7-11(16)19-12-9-6-8-10(18-12)15-13(17)20-14(2,3)4/h10,12H,5-9H2,1-4H3,(H,15,17). The summed E-state index contributed by atoms with van der Waals surface area (Å²) in [4.78, 5) is 23.1. The lowest BCUT2D eigenvalue weighted by molar-refractivity contribution is -0.205. The number of alkyl carbamates (subject to hydrolysis) is 1. The number of esters is 1. The summed E-state index contributed by atoms with van der Waals surface area (Å²) in [6.07, 6.45) is 1.70. The summed E-state index contributed by atoms with van der Waals surface area (Å²) in [5.41, 5.74) is -0.550. The van der Waals surface area contributed by atoms with Crippen LogP contribution in [0.15, 0.2) is 0 Å². The van der Waals surface area contributed by atoms with Crippen LogP contribution in [0.1, 0.15) is 59.8 Å². The van der Waals surface area contributed by atoms with E-state index in [0.717, 1.165) is 12.8 Å². The Labute approximate surface area is 120 Å². The summed E-state index contributed by atoms with van der Waals surface area (Å²) in [6.45, 7) is 7.30. The zero-order valence-corrected chi connectivity index (χ0v) is 12.7. The van der Waals surface area contributed by atoms with Crippen LogP contribution in [-0.2, 0) is 19.0 Å². The summed E-state index contributed by atoms with van der Waals surface area (Å²) in [7, 11) is 0. The van der Waals surface area contributed by atoms with E-state index in [1.165, 1.54) is 0 Å². The van der Waals surface area contributed by atoms with Crippen LogP contribution < -0.4 is 5.32 Å². The first-order valence-corrected chi connectivity index (χ1v) is 7.14. The number of nitrogens with one attached hydrogen (secondary N) is 1. The van der Waals surface area contributed by atoms with Crippen LogP contribution in [0, 0.1) is 0 Å². The minimum absolute atomic E-state index is 0.268. The average Bonchev–Trinajstić information content (AvgIpc) is 2.26. The van der Waals surface area contributed by atoms with Gasteiger partial charge in [0.2, 0.25) is 6.29 Å². The van der Waals surface area contributed by atoms with Gasteiger partial charge in [0.15, 0.2) is 0 Å². The molecule has 2 unspecified atom stereocenters. The maximum Gasteiger partial charge on any atom is 0.409 e. The fourth-order valence-electron chi connectivity index (χ4n) is 1.83. The van der Waals surface area contributed by atoms with Crippen LogP contribution in [0.3, 0.4) is 0 Å². The van der Waals surface area contributed by atoms with Gasteiger partial charge < -0.3 is 14.2 Å². The number of hydrogen-bond donors (Lipinski definition) is 1. The molecule has 20 heavy (non-hydrogen) atoms. The molecule has 2 atom stereocenters. The molecular formula is C14H25NO5. The minimum Gasteiger partial charge on any atom is -0.444 e. The van der Waals surface area contributed by atoms with Crippen molar-refractivity contribution >= 4 is 12.1 Å². The van der Waals surface area contributed by atoms with Gasteiger partial charge in [-0.15, -0.1) is 0 Å². The highest BCUT2D eigenvalue weighted by atomic mass is 16.7. The molecule has 0 spiro atoms. The molecule has 1 aliphatic rings. The number of carbonyl (C=O) groups is 2. The molecule has 0 aromatic carbocycles. The van der Waals surface area contributed by atoms with Crippen molar-refractivity contribution in [2.45, 2.75) is 77.9 Å². The Morgan fingerprint density at radius 1 is 1.30 bits per heavy atom. The molecule has 1 amide bonds. The molecule has 0 aromatic heterocycles. The maximum absolute atomic E-state index is 11.6. The molecule has 116 valence electrons. The highest BCUT2D eigenvalue weighted by Gasteiger charge is 2.27. The van der Waals surface area contributed by atoms with Crippen LogP contribution in [-0.4, -0.2) is 30.2 Å². The van der Waals surface area contributed by atoms with Crippen LogP contribution in [0.4, 0.5) is 4.79 Å². The van der Waals surface area contributed by atoms with E-state index in [0.29, 0.717) is 19.3 Å². The molecule has 0 aromatic rings. The second-order valence-corrected chi connectivity index (χ2v) is 5.87. The molecule has 6 nitrogen and oxygen atoms in total. The number of rotatable bonds is 4. The Hall–Kier alpha value is -1.30. The lowest BCUT2D eigenvalue weighted by Crippen LogP contribution is -2.45. The summed E-state index contributed by atoms with van der Waals surface area (Å²) in [6, 6.07) is 0. The van der Waals surface area contributed by atoms with E-state index >= 15 is 0 Å². The molecule has 1 heterocycles. The number of ether oxygens (including phenoxy) is 3. The topological polar surface area (TPSA) is 73.9 Å². The van der Waals surface area contributed by atoms with Crippen molar-refractivity contribution in [3.63, 3.8) is 0 Å². The van der Waals surface area contributed by atoms with Crippen molar-refractivity contribution in [2.24, 2.45) is 0 Å². The Kier molecular flexibility index (Phi) is 6.26. The van der Waals surface area contributed by atoms with Gasteiger partial charge in [0, 0.05) is 12.8 Å². The highest BCUT2D eigenvalue weighted by molar-refractivity contribution is 5.69. The summed E-state index contributed by atoms with van der Waals surface area (Å²) in [5.74, 6) is -0.268.